The van der Waals surface area contributed by atoms with Gasteiger partial charge in [0.05, 0.1) is 6.04 Å². The summed E-state index contributed by atoms with van der Waals surface area (Å²) in [5, 5.41) is 5.45. The lowest BCUT2D eigenvalue weighted by Gasteiger charge is -2.22. The highest BCUT2D eigenvalue weighted by atomic mass is 127. The van der Waals surface area contributed by atoms with Gasteiger partial charge < -0.3 is 5.32 Å². The molecule has 0 fully saturated rings. The second-order valence-electron chi connectivity index (χ2n) is 4.32. The predicted octanol–water partition coefficient (Wildman–Crippen LogP) is 5.95. The monoisotopic (exact) mass is 439 g/mol. The van der Waals surface area contributed by atoms with Gasteiger partial charge in [0, 0.05) is 18.6 Å². The summed E-state index contributed by atoms with van der Waals surface area (Å²) >= 11 is 20.8. The normalized spacial score (nSPS) is 12.4. The van der Waals surface area contributed by atoms with Gasteiger partial charge in [-0.2, -0.15) is 0 Å². The van der Waals surface area contributed by atoms with E-state index in [9.17, 15) is 0 Å². The van der Waals surface area contributed by atoms with Crippen molar-refractivity contribution in [3.8, 4) is 0 Å². The Morgan fingerprint density at radius 1 is 1.00 bits per heavy atom. The van der Waals surface area contributed by atoms with Crippen molar-refractivity contribution in [2.24, 2.45) is 0 Å². The number of hydrogen-bond acceptors (Lipinski definition) is 1. The fraction of sp³-hybridized carbons (Fsp3) is 0.200. The average molecular weight is 441 g/mol. The van der Waals surface area contributed by atoms with Crippen LogP contribution in [0.1, 0.15) is 24.1 Å². The third kappa shape index (κ3) is 3.80. The van der Waals surface area contributed by atoms with Gasteiger partial charge in [0.15, 0.2) is 0 Å². The van der Waals surface area contributed by atoms with Gasteiger partial charge in [0.2, 0.25) is 0 Å². The molecule has 0 heterocycles. The summed E-state index contributed by atoms with van der Waals surface area (Å²) in [5.74, 6) is 0. The topological polar surface area (TPSA) is 12.0 Å². The van der Waals surface area contributed by atoms with Crippen LogP contribution < -0.4 is 5.32 Å². The highest BCUT2D eigenvalue weighted by molar-refractivity contribution is 14.1. The molecule has 0 radical (unpaired) electrons. The van der Waals surface area contributed by atoms with Crippen LogP contribution in [0.4, 0.5) is 0 Å². The van der Waals surface area contributed by atoms with E-state index in [1.165, 1.54) is 0 Å². The van der Waals surface area contributed by atoms with Crippen molar-refractivity contribution in [2.45, 2.75) is 13.0 Å². The lowest BCUT2D eigenvalue weighted by molar-refractivity contribution is 0.628. The summed E-state index contributed by atoms with van der Waals surface area (Å²) in [6.45, 7) is 2.89. The van der Waals surface area contributed by atoms with Crippen LogP contribution in [0.2, 0.25) is 15.1 Å². The first kappa shape index (κ1) is 16.4. The molecule has 0 saturated heterocycles. The first-order valence-electron chi connectivity index (χ1n) is 6.16. The fourth-order valence-corrected chi connectivity index (χ4v) is 3.41. The standard InChI is InChI=1S/C15H13Cl3IN/c1-2-20-15(11-5-3-10(17)8-13(11)18)12-7-9(16)4-6-14(12)19/h3-8,15,20H,2H2,1H3. The molecule has 1 atom stereocenters. The Kier molecular flexibility index (Phi) is 5.99. The van der Waals surface area contributed by atoms with Crippen LogP contribution in [0.25, 0.3) is 0 Å². The molecule has 106 valence electrons. The SMILES string of the molecule is CCNC(c1ccc(Cl)cc1Cl)c1cc(Cl)ccc1I. The van der Waals surface area contributed by atoms with Crippen LogP contribution in [0, 0.1) is 3.57 Å². The molecule has 0 amide bonds. The first-order chi connectivity index (χ1) is 9.52. The minimum atomic E-state index is -0.00429. The maximum Gasteiger partial charge on any atom is 0.0602 e. The zero-order chi connectivity index (χ0) is 14.7. The van der Waals surface area contributed by atoms with E-state index in [1.54, 1.807) is 6.07 Å². The molecule has 1 N–H and O–H groups in total. The predicted molar refractivity (Wildman–Crippen MR) is 96.2 cm³/mol. The maximum absolute atomic E-state index is 6.34. The minimum Gasteiger partial charge on any atom is -0.306 e. The smallest absolute Gasteiger partial charge is 0.0602 e. The summed E-state index contributed by atoms with van der Waals surface area (Å²) in [6, 6.07) is 11.4. The molecule has 0 spiro atoms. The third-order valence-electron chi connectivity index (χ3n) is 2.95. The van der Waals surface area contributed by atoms with E-state index in [1.807, 2.05) is 30.3 Å². The number of benzene rings is 2. The number of nitrogens with one attached hydrogen (secondary N) is 1. The molecule has 5 heteroatoms. The van der Waals surface area contributed by atoms with Gasteiger partial charge in [-0.15, -0.1) is 0 Å². The van der Waals surface area contributed by atoms with Crippen molar-refractivity contribution >= 4 is 57.4 Å². The molecule has 0 aliphatic rings. The molecule has 0 bridgehead atoms. The van der Waals surface area contributed by atoms with Crippen LogP contribution in [-0.4, -0.2) is 6.54 Å². The van der Waals surface area contributed by atoms with Gasteiger partial charge in [0.1, 0.15) is 0 Å². The quantitative estimate of drug-likeness (QED) is 0.580. The molecular formula is C15H13Cl3IN. The van der Waals surface area contributed by atoms with Crippen molar-refractivity contribution in [1.82, 2.24) is 5.32 Å². The summed E-state index contributed by atoms with van der Waals surface area (Å²) < 4.78 is 1.14. The summed E-state index contributed by atoms with van der Waals surface area (Å²) in [7, 11) is 0. The van der Waals surface area contributed by atoms with E-state index in [-0.39, 0.29) is 6.04 Å². The molecule has 2 aromatic rings. The van der Waals surface area contributed by atoms with Crippen molar-refractivity contribution in [2.75, 3.05) is 6.54 Å². The van der Waals surface area contributed by atoms with Crippen molar-refractivity contribution in [3.05, 3.63) is 66.2 Å². The number of hydrogen-bond donors (Lipinski definition) is 1. The minimum absolute atomic E-state index is 0.00429. The van der Waals surface area contributed by atoms with Crippen molar-refractivity contribution in [1.29, 1.82) is 0 Å². The largest absolute Gasteiger partial charge is 0.306 e. The number of rotatable bonds is 4. The second kappa shape index (κ2) is 7.32. The Balaban J connectivity index is 2.53. The zero-order valence-electron chi connectivity index (χ0n) is 10.8. The Morgan fingerprint density at radius 3 is 2.30 bits per heavy atom. The van der Waals surface area contributed by atoms with Gasteiger partial charge in [-0.3, -0.25) is 0 Å². The molecule has 1 nitrogen and oxygen atoms in total. The van der Waals surface area contributed by atoms with Crippen LogP contribution in [0.3, 0.4) is 0 Å². The first-order valence-corrected chi connectivity index (χ1v) is 8.37. The van der Waals surface area contributed by atoms with Gasteiger partial charge in [-0.25, -0.2) is 0 Å². The Labute approximate surface area is 147 Å². The number of halogens is 4. The van der Waals surface area contributed by atoms with Crippen molar-refractivity contribution in [3.63, 3.8) is 0 Å². The molecule has 0 aliphatic carbocycles. The molecule has 20 heavy (non-hydrogen) atoms. The van der Waals surface area contributed by atoms with Crippen molar-refractivity contribution < 1.29 is 0 Å². The highest BCUT2D eigenvalue weighted by Crippen LogP contribution is 2.33. The van der Waals surface area contributed by atoms with Crippen LogP contribution in [0.15, 0.2) is 36.4 Å². The molecule has 0 aliphatic heterocycles. The summed E-state index contributed by atoms with van der Waals surface area (Å²) in [6.07, 6.45) is 0. The Morgan fingerprint density at radius 2 is 1.65 bits per heavy atom. The second-order valence-corrected chi connectivity index (χ2v) is 6.76. The molecular weight excluding hydrogens is 427 g/mol. The average Bonchev–Trinajstić information content (AvgIpc) is 2.40. The summed E-state index contributed by atoms with van der Waals surface area (Å²) in [5.41, 5.74) is 2.11. The molecule has 0 aromatic heterocycles. The van der Waals surface area contributed by atoms with E-state index in [0.29, 0.717) is 15.1 Å². The molecule has 2 aromatic carbocycles. The molecule has 2 rings (SSSR count). The van der Waals surface area contributed by atoms with Crippen LogP contribution in [-0.2, 0) is 0 Å². The lowest BCUT2D eigenvalue weighted by atomic mass is 9.98. The van der Waals surface area contributed by atoms with Gasteiger partial charge >= 0.3 is 0 Å². The van der Waals surface area contributed by atoms with E-state index in [0.717, 1.165) is 21.2 Å². The fourth-order valence-electron chi connectivity index (χ4n) is 2.06. The highest BCUT2D eigenvalue weighted by Gasteiger charge is 2.19. The van der Waals surface area contributed by atoms with E-state index >= 15 is 0 Å². The Hall–Kier alpha value is -0.000000000000000111. The van der Waals surface area contributed by atoms with Gasteiger partial charge in [-0.05, 0) is 70.6 Å². The summed E-state index contributed by atoms with van der Waals surface area (Å²) in [4.78, 5) is 0. The lowest BCUT2D eigenvalue weighted by Crippen LogP contribution is -2.23. The van der Waals surface area contributed by atoms with E-state index in [4.69, 9.17) is 34.8 Å². The Bertz CT molecular complexity index is 616. The third-order valence-corrected chi connectivity index (χ3v) is 4.73. The zero-order valence-corrected chi connectivity index (χ0v) is 15.2. The maximum atomic E-state index is 6.34. The van der Waals surface area contributed by atoms with Crippen LogP contribution >= 0.6 is 57.4 Å². The van der Waals surface area contributed by atoms with E-state index < -0.39 is 0 Å². The van der Waals surface area contributed by atoms with Gasteiger partial charge in [-0.1, -0.05) is 47.8 Å². The van der Waals surface area contributed by atoms with Crippen LogP contribution in [0.5, 0.6) is 0 Å². The molecule has 0 saturated carbocycles. The molecule has 1 unspecified atom stereocenters. The van der Waals surface area contributed by atoms with Gasteiger partial charge in [0.25, 0.3) is 0 Å². The van der Waals surface area contributed by atoms with E-state index in [2.05, 4.69) is 34.8 Å².